The van der Waals surface area contributed by atoms with E-state index in [4.69, 9.17) is 0 Å². The lowest BCUT2D eigenvalue weighted by Crippen LogP contribution is -2.27. The van der Waals surface area contributed by atoms with Gasteiger partial charge in [-0.2, -0.15) is 5.10 Å². The number of fused-ring (bicyclic) bond motifs is 1. The van der Waals surface area contributed by atoms with Crippen LogP contribution in [-0.4, -0.2) is 15.3 Å². The zero-order chi connectivity index (χ0) is 16.4. The molecule has 0 amide bonds. The van der Waals surface area contributed by atoms with Gasteiger partial charge in [0.1, 0.15) is 0 Å². The van der Waals surface area contributed by atoms with Crippen LogP contribution in [0, 0.1) is 11.8 Å². The van der Waals surface area contributed by atoms with Gasteiger partial charge in [-0.25, -0.2) is 10.4 Å². The maximum absolute atomic E-state index is 12.6. The lowest BCUT2D eigenvalue weighted by molar-refractivity contribution is 0.486. The summed E-state index contributed by atoms with van der Waals surface area (Å²) >= 11 is 0. The number of para-hydroxylation sites is 1. The minimum atomic E-state index is -0.0226. The smallest absolute Gasteiger partial charge is 0.262 e. The van der Waals surface area contributed by atoms with Crippen LogP contribution in [-0.2, 0) is 6.54 Å². The lowest BCUT2D eigenvalue weighted by atomic mass is 9.81. The highest BCUT2D eigenvalue weighted by molar-refractivity contribution is 5.89. The summed E-state index contributed by atoms with van der Waals surface area (Å²) in [5.74, 6) is 1.48. The van der Waals surface area contributed by atoms with Gasteiger partial charge in [-0.3, -0.25) is 9.36 Å². The summed E-state index contributed by atoms with van der Waals surface area (Å²) in [7, 11) is 0. The molecule has 1 aliphatic carbocycles. The second kappa shape index (κ2) is 6.52. The molecule has 3 rings (SSSR count). The number of rotatable bonds is 3. The molecule has 1 N–H and O–H groups in total. The van der Waals surface area contributed by atoms with E-state index in [1.165, 1.54) is 25.0 Å². The summed E-state index contributed by atoms with van der Waals surface area (Å²) in [5, 5.41) is 5.26. The summed E-state index contributed by atoms with van der Waals surface area (Å²) in [5.41, 5.74) is 4.93. The summed E-state index contributed by atoms with van der Waals surface area (Å²) in [6.45, 7) is 6.95. The number of nitrogens with zero attached hydrogens (tertiary/aromatic N) is 3. The van der Waals surface area contributed by atoms with Crippen molar-refractivity contribution >= 4 is 22.6 Å². The molecule has 122 valence electrons. The van der Waals surface area contributed by atoms with Crippen LogP contribution in [0.15, 0.2) is 34.2 Å². The summed E-state index contributed by atoms with van der Waals surface area (Å²) in [6, 6.07) is 7.44. The molecule has 0 spiro atoms. The van der Waals surface area contributed by atoms with Gasteiger partial charge in [-0.05, 0) is 43.7 Å². The second-order valence-corrected chi connectivity index (χ2v) is 6.38. The molecular formula is C18H24N4O. The third-order valence-electron chi connectivity index (χ3n) is 4.75. The molecular weight excluding hydrogens is 288 g/mol. The Morgan fingerprint density at radius 3 is 2.65 bits per heavy atom. The van der Waals surface area contributed by atoms with E-state index in [-0.39, 0.29) is 5.56 Å². The summed E-state index contributed by atoms with van der Waals surface area (Å²) < 4.78 is 1.64. The quantitative estimate of drug-likeness (QED) is 0.880. The van der Waals surface area contributed by atoms with E-state index >= 15 is 0 Å². The van der Waals surface area contributed by atoms with Gasteiger partial charge in [-0.15, -0.1) is 0 Å². The molecule has 1 saturated carbocycles. The number of hydrogen-bond acceptors (Lipinski definition) is 4. The molecule has 2 atom stereocenters. The largest absolute Gasteiger partial charge is 0.277 e. The normalized spacial score (nSPS) is 23.3. The maximum Gasteiger partial charge on any atom is 0.262 e. The maximum atomic E-state index is 12.6. The number of anilines is 1. The van der Waals surface area contributed by atoms with Crippen LogP contribution in [0.3, 0.4) is 0 Å². The van der Waals surface area contributed by atoms with Gasteiger partial charge < -0.3 is 0 Å². The SMILES string of the molecule is CCn1c(NN=C2[C@H](C)CCC[C@@H]2C)nc2ccccc2c1=O. The Balaban J connectivity index is 2.01. The molecule has 2 aromatic rings. The van der Waals surface area contributed by atoms with E-state index in [1.54, 1.807) is 4.57 Å². The number of hydrazone groups is 1. The molecule has 0 bridgehead atoms. The Bertz CT molecular complexity index is 781. The topological polar surface area (TPSA) is 59.3 Å². The molecule has 0 saturated heterocycles. The summed E-state index contributed by atoms with van der Waals surface area (Å²) in [6.07, 6.45) is 3.61. The van der Waals surface area contributed by atoms with Crippen LogP contribution >= 0.6 is 0 Å². The number of aromatic nitrogens is 2. The molecule has 1 fully saturated rings. The molecule has 1 aromatic carbocycles. The highest BCUT2D eigenvalue weighted by Gasteiger charge is 2.23. The van der Waals surface area contributed by atoms with Gasteiger partial charge in [0.25, 0.3) is 5.56 Å². The summed E-state index contributed by atoms with van der Waals surface area (Å²) in [4.78, 5) is 17.2. The van der Waals surface area contributed by atoms with E-state index < -0.39 is 0 Å². The van der Waals surface area contributed by atoms with Crippen LogP contribution in [0.5, 0.6) is 0 Å². The van der Waals surface area contributed by atoms with Gasteiger partial charge in [0, 0.05) is 12.3 Å². The number of nitrogens with one attached hydrogen (secondary N) is 1. The molecule has 1 aliphatic rings. The van der Waals surface area contributed by atoms with E-state index in [1.807, 2.05) is 31.2 Å². The Morgan fingerprint density at radius 2 is 1.96 bits per heavy atom. The van der Waals surface area contributed by atoms with Crippen molar-refractivity contribution in [3.63, 3.8) is 0 Å². The van der Waals surface area contributed by atoms with E-state index in [2.05, 4.69) is 29.4 Å². The van der Waals surface area contributed by atoms with Crippen LogP contribution in [0.4, 0.5) is 5.95 Å². The highest BCUT2D eigenvalue weighted by atomic mass is 16.1. The third-order valence-corrected chi connectivity index (χ3v) is 4.75. The van der Waals surface area contributed by atoms with Crippen molar-refractivity contribution in [3.05, 3.63) is 34.6 Å². The molecule has 5 heteroatoms. The van der Waals surface area contributed by atoms with Gasteiger partial charge >= 0.3 is 0 Å². The van der Waals surface area contributed by atoms with E-state index in [0.29, 0.717) is 35.2 Å². The molecule has 0 radical (unpaired) electrons. The van der Waals surface area contributed by atoms with Crippen molar-refractivity contribution in [1.29, 1.82) is 0 Å². The van der Waals surface area contributed by atoms with Crippen LogP contribution < -0.4 is 11.0 Å². The molecule has 1 heterocycles. The van der Waals surface area contributed by atoms with Crippen LogP contribution in [0.25, 0.3) is 10.9 Å². The first-order chi connectivity index (χ1) is 11.1. The van der Waals surface area contributed by atoms with Crippen molar-refractivity contribution in [2.45, 2.75) is 46.6 Å². The zero-order valence-corrected chi connectivity index (χ0v) is 14.0. The molecule has 23 heavy (non-hydrogen) atoms. The standard InChI is InChI=1S/C18H24N4O/c1-4-22-17(23)14-10-5-6-11-15(14)19-18(22)21-20-16-12(2)8-7-9-13(16)3/h5-6,10-13H,4,7-9H2,1-3H3,(H,19,21)/t12-,13+. The first kappa shape index (κ1) is 15.7. The number of benzene rings is 1. The first-order valence-electron chi connectivity index (χ1n) is 8.44. The molecule has 0 unspecified atom stereocenters. The highest BCUT2D eigenvalue weighted by Crippen LogP contribution is 2.26. The third kappa shape index (κ3) is 3.00. The van der Waals surface area contributed by atoms with Gasteiger partial charge in [0.15, 0.2) is 0 Å². The fourth-order valence-corrected chi connectivity index (χ4v) is 3.39. The van der Waals surface area contributed by atoms with Gasteiger partial charge in [-0.1, -0.05) is 32.4 Å². The van der Waals surface area contributed by atoms with Crippen LogP contribution in [0.1, 0.15) is 40.0 Å². The van der Waals surface area contributed by atoms with E-state index in [0.717, 1.165) is 0 Å². The monoisotopic (exact) mass is 312 g/mol. The Kier molecular flexibility index (Phi) is 4.46. The molecule has 5 nitrogen and oxygen atoms in total. The molecule has 1 aromatic heterocycles. The fourth-order valence-electron chi connectivity index (χ4n) is 3.39. The van der Waals surface area contributed by atoms with E-state index in [9.17, 15) is 4.79 Å². The second-order valence-electron chi connectivity index (χ2n) is 6.38. The first-order valence-corrected chi connectivity index (χ1v) is 8.44. The minimum absolute atomic E-state index is 0.0226. The Morgan fingerprint density at radius 1 is 1.26 bits per heavy atom. The van der Waals surface area contributed by atoms with Crippen molar-refractivity contribution in [2.24, 2.45) is 16.9 Å². The fraction of sp³-hybridized carbons (Fsp3) is 0.500. The molecule has 0 aliphatic heterocycles. The van der Waals surface area contributed by atoms with Crippen molar-refractivity contribution in [2.75, 3.05) is 5.43 Å². The average Bonchev–Trinajstić information content (AvgIpc) is 2.55. The predicted molar refractivity (Wildman–Crippen MR) is 94.9 cm³/mol. The minimum Gasteiger partial charge on any atom is -0.277 e. The zero-order valence-electron chi connectivity index (χ0n) is 14.0. The van der Waals surface area contributed by atoms with Gasteiger partial charge in [0.2, 0.25) is 5.95 Å². The van der Waals surface area contributed by atoms with Crippen molar-refractivity contribution < 1.29 is 0 Å². The van der Waals surface area contributed by atoms with Crippen LogP contribution in [0.2, 0.25) is 0 Å². The predicted octanol–water partition coefficient (Wildman–Crippen LogP) is 3.64. The lowest BCUT2D eigenvalue weighted by Gasteiger charge is -2.26. The number of hydrogen-bond donors (Lipinski definition) is 1. The van der Waals surface area contributed by atoms with Crippen molar-refractivity contribution in [1.82, 2.24) is 9.55 Å². The average molecular weight is 312 g/mol. The Labute approximate surface area is 136 Å². The van der Waals surface area contributed by atoms with Gasteiger partial charge in [0.05, 0.1) is 10.9 Å². The Hall–Kier alpha value is -2.17. The van der Waals surface area contributed by atoms with Crippen molar-refractivity contribution in [3.8, 4) is 0 Å².